The lowest BCUT2D eigenvalue weighted by Gasteiger charge is -2.36. The number of aryl methyl sites for hydroxylation is 1. The molecule has 2 aromatic carbocycles. The molecule has 1 amide bonds. The highest BCUT2D eigenvalue weighted by molar-refractivity contribution is 9.10. The van der Waals surface area contributed by atoms with Crippen molar-refractivity contribution in [2.75, 3.05) is 37.6 Å². The zero-order chi connectivity index (χ0) is 18.5. The SMILES string of the molecule is Cc1ccccc1N1CCN(CC(=O)N[C@@H](C)c2ccc(Br)cc2)CC1. The van der Waals surface area contributed by atoms with E-state index in [0.29, 0.717) is 6.54 Å². The van der Waals surface area contributed by atoms with Crippen LogP contribution < -0.4 is 10.2 Å². The number of anilines is 1. The van der Waals surface area contributed by atoms with Crippen molar-refractivity contribution in [2.24, 2.45) is 0 Å². The summed E-state index contributed by atoms with van der Waals surface area (Å²) in [5.41, 5.74) is 3.73. The number of para-hydroxylation sites is 1. The summed E-state index contributed by atoms with van der Waals surface area (Å²) in [6, 6.07) is 16.6. The summed E-state index contributed by atoms with van der Waals surface area (Å²) in [6.45, 7) is 8.38. The number of rotatable bonds is 5. The van der Waals surface area contributed by atoms with Gasteiger partial charge < -0.3 is 10.2 Å². The maximum atomic E-state index is 12.4. The molecular formula is C21H26BrN3O. The van der Waals surface area contributed by atoms with E-state index < -0.39 is 0 Å². The number of halogens is 1. The van der Waals surface area contributed by atoms with Crippen LogP contribution in [0.5, 0.6) is 0 Å². The monoisotopic (exact) mass is 415 g/mol. The minimum absolute atomic E-state index is 0.0175. The van der Waals surface area contributed by atoms with Crippen LogP contribution in [0, 0.1) is 6.92 Å². The van der Waals surface area contributed by atoms with E-state index in [1.165, 1.54) is 11.3 Å². The summed E-state index contributed by atoms with van der Waals surface area (Å²) < 4.78 is 1.05. The average molecular weight is 416 g/mol. The molecule has 0 unspecified atom stereocenters. The van der Waals surface area contributed by atoms with Gasteiger partial charge in [0.05, 0.1) is 12.6 Å². The van der Waals surface area contributed by atoms with Gasteiger partial charge in [-0.3, -0.25) is 9.69 Å². The van der Waals surface area contributed by atoms with E-state index in [-0.39, 0.29) is 11.9 Å². The predicted molar refractivity (Wildman–Crippen MR) is 111 cm³/mol. The van der Waals surface area contributed by atoms with Gasteiger partial charge in [-0.25, -0.2) is 0 Å². The van der Waals surface area contributed by atoms with Crippen molar-refractivity contribution >= 4 is 27.5 Å². The minimum atomic E-state index is 0.0175. The normalized spacial score (nSPS) is 16.3. The summed E-state index contributed by atoms with van der Waals surface area (Å²) in [7, 11) is 0. The highest BCUT2D eigenvalue weighted by Gasteiger charge is 2.20. The Bertz CT molecular complexity index is 739. The Hall–Kier alpha value is -1.85. The summed E-state index contributed by atoms with van der Waals surface area (Å²) in [5, 5.41) is 3.11. The third-order valence-electron chi connectivity index (χ3n) is 4.94. The minimum Gasteiger partial charge on any atom is -0.369 e. The van der Waals surface area contributed by atoms with Gasteiger partial charge in [-0.15, -0.1) is 0 Å². The first kappa shape index (κ1) is 18.9. The van der Waals surface area contributed by atoms with Crippen LogP contribution in [0.2, 0.25) is 0 Å². The van der Waals surface area contributed by atoms with Crippen LogP contribution in [-0.2, 0) is 4.79 Å². The Morgan fingerprint density at radius 2 is 1.73 bits per heavy atom. The molecular weight excluding hydrogens is 390 g/mol. The Balaban J connectivity index is 1.47. The topological polar surface area (TPSA) is 35.6 Å². The molecule has 0 radical (unpaired) electrons. The van der Waals surface area contributed by atoms with Gasteiger partial charge in [0.15, 0.2) is 0 Å². The fraction of sp³-hybridized carbons (Fsp3) is 0.381. The smallest absolute Gasteiger partial charge is 0.234 e. The fourth-order valence-corrected chi connectivity index (χ4v) is 3.65. The predicted octanol–water partition coefficient (Wildman–Crippen LogP) is 3.76. The molecule has 0 saturated carbocycles. The molecule has 1 fully saturated rings. The standard InChI is InChI=1S/C21H26BrN3O/c1-16-5-3-4-6-20(16)25-13-11-24(12-14-25)15-21(26)23-17(2)18-7-9-19(22)10-8-18/h3-10,17H,11-15H2,1-2H3,(H,23,26)/t17-/m0/s1. The van der Waals surface area contributed by atoms with Gasteiger partial charge >= 0.3 is 0 Å². The molecule has 138 valence electrons. The molecule has 0 aromatic heterocycles. The maximum Gasteiger partial charge on any atom is 0.234 e. The second-order valence-corrected chi connectivity index (χ2v) is 7.81. The molecule has 1 atom stereocenters. The van der Waals surface area contributed by atoms with Gasteiger partial charge in [0.2, 0.25) is 5.91 Å². The van der Waals surface area contributed by atoms with Crippen molar-refractivity contribution in [3.63, 3.8) is 0 Å². The third-order valence-corrected chi connectivity index (χ3v) is 5.47. The summed E-state index contributed by atoms with van der Waals surface area (Å²) in [6.07, 6.45) is 0. The molecule has 1 saturated heterocycles. The van der Waals surface area contributed by atoms with Gasteiger partial charge in [0.25, 0.3) is 0 Å². The molecule has 2 aromatic rings. The van der Waals surface area contributed by atoms with Crippen molar-refractivity contribution < 1.29 is 4.79 Å². The van der Waals surface area contributed by atoms with Crippen LogP contribution in [0.25, 0.3) is 0 Å². The number of hydrogen-bond acceptors (Lipinski definition) is 3. The van der Waals surface area contributed by atoms with Crippen molar-refractivity contribution in [3.8, 4) is 0 Å². The number of benzene rings is 2. The van der Waals surface area contributed by atoms with Crippen LogP contribution in [0.3, 0.4) is 0 Å². The van der Waals surface area contributed by atoms with E-state index >= 15 is 0 Å². The second kappa shape index (κ2) is 8.69. The molecule has 0 aliphatic carbocycles. The number of amides is 1. The number of nitrogens with one attached hydrogen (secondary N) is 1. The fourth-order valence-electron chi connectivity index (χ4n) is 3.39. The zero-order valence-electron chi connectivity index (χ0n) is 15.4. The van der Waals surface area contributed by atoms with Gasteiger partial charge in [-0.05, 0) is 43.2 Å². The number of piperazine rings is 1. The Morgan fingerprint density at radius 1 is 1.08 bits per heavy atom. The zero-order valence-corrected chi connectivity index (χ0v) is 17.0. The lowest BCUT2D eigenvalue weighted by atomic mass is 10.1. The quantitative estimate of drug-likeness (QED) is 0.807. The number of carbonyl (C=O) groups is 1. The van der Waals surface area contributed by atoms with E-state index in [4.69, 9.17) is 0 Å². The van der Waals surface area contributed by atoms with E-state index in [1.807, 2.05) is 31.2 Å². The Morgan fingerprint density at radius 3 is 2.38 bits per heavy atom. The number of hydrogen-bond donors (Lipinski definition) is 1. The number of carbonyl (C=O) groups excluding carboxylic acids is 1. The first-order chi connectivity index (χ1) is 12.5. The van der Waals surface area contributed by atoms with E-state index in [1.54, 1.807) is 0 Å². The van der Waals surface area contributed by atoms with Crippen molar-refractivity contribution in [1.29, 1.82) is 0 Å². The van der Waals surface area contributed by atoms with Gasteiger partial charge in [-0.1, -0.05) is 46.3 Å². The van der Waals surface area contributed by atoms with Gasteiger partial charge in [0, 0.05) is 36.3 Å². The molecule has 1 N–H and O–H groups in total. The first-order valence-electron chi connectivity index (χ1n) is 9.10. The van der Waals surface area contributed by atoms with Crippen LogP contribution >= 0.6 is 15.9 Å². The number of nitrogens with zero attached hydrogens (tertiary/aromatic N) is 2. The van der Waals surface area contributed by atoms with Crippen molar-refractivity contribution in [3.05, 3.63) is 64.1 Å². The maximum absolute atomic E-state index is 12.4. The van der Waals surface area contributed by atoms with Crippen LogP contribution in [0.4, 0.5) is 5.69 Å². The highest BCUT2D eigenvalue weighted by atomic mass is 79.9. The summed E-state index contributed by atoms with van der Waals surface area (Å²) >= 11 is 3.44. The molecule has 1 aliphatic rings. The van der Waals surface area contributed by atoms with Crippen LogP contribution in [0.1, 0.15) is 24.1 Å². The van der Waals surface area contributed by atoms with Crippen LogP contribution in [-0.4, -0.2) is 43.5 Å². The third kappa shape index (κ3) is 4.86. The molecule has 1 aliphatic heterocycles. The summed E-state index contributed by atoms with van der Waals surface area (Å²) in [4.78, 5) is 17.0. The molecule has 0 bridgehead atoms. The van der Waals surface area contributed by atoms with E-state index in [2.05, 4.69) is 62.2 Å². The molecule has 3 rings (SSSR count). The van der Waals surface area contributed by atoms with Crippen LogP contribution in [0.15, 0.2) is 53.0 Å². The van der Waals surface area contributed by atoms with Gasteiger partial charge in [0.1, 0.15) is 0 Å². The van der Waals surface area contributed by atoms with Crippen molar-refractivity contribution in [1.82, 2.24) is 10.2 Å². The first-order valence-corrected chi connectivity index (χ1v) is 9.90. The summed E-state index contributed by atoms with van der Waals surface area (Å²) in [5.74, 6) is 0.0877. The lowest BCUT2D eigenvalue weighted by molar-refractivity contribution is -0.123. The lowest BCUT2D eigenvalue weighted by Crippen LogP contribution is -2.49. The molecule has 1 heterocycles. The Labute approximate surface area is 164 Å². The van der Waals surface area contributed by atoms with E-state index in [9.17, 15) is 4.79 Å². The highest BCUT2D eigenvalue weighted by Crippen LogP contribution is 2.21. The van der Waals surface area contributed by atoms with E-state index in [0.717, 1.165) is 36.2 Å². The molecule has 26 heavy (non-hydrogen) atoms. The molecule has 0 spiro atoms. The Kier molecular flexibility index (Phi) is 6.33. The van der Waals surface area contributed by atoms with Crippen molar-refractivity contribution in [2.45, 2.75) is 19.9 Å². The van der Waals surface area contributed by atoms with Gasteiger partial charge in [-0.2, -0.15) is 0 Å². The second-order valence-electron chi connectivity index (χ2n) is 6.89. The molecule has 5 heteroatoms. The largest absolute Gasteiger partial charge is 0.369 e. The average Bonchev–Trinajstić information content (AvgIpc) is 2.63. The molecule has 4 nitrogen and oxygen atoms in total.